The topological polar surface area (TPSA) is 119 Å². The van der Waals surface area contributed by atoms with E-state index in [-0.39, 0.29) is 5.91 Å². The van der Waals surface area contributed by atoms with Gasteiger partial charge in [0.15, 0.2) is 0 Å². The molecule has 0 atom stereocenters. The first-order valence-electron chi connectivity index (χ1n) is 9.79. The van der Waals surface area contributed by atoms with E-state index in [0.717, 1.165) is 18.5 Å². The lowest BCUT2D eigenvalue weighted by atomic mass is 10.1. The lowest BCUT2D eigenvalue weighted by Crippen LogP contribution is -2.29. The van der Waals surface area contributed by atoms with Crippen molar-refractivity contribution in [2.45, 2.75) is 18.8 Å². The molecule has 0 saturated heterocycles. The van der Waals surface area contributed by atoms with E-state index < -0.39 is 0 Å². The van der Waals surface area contributed by atoms with Gasteiger partial charge in [0.05, 0.1) is 23.0 Å². The Morgan fingerprint density at radius 3 is 2.90 bits per heavy atom. The van der Waals surface area contributed by atoms with Gasteiger partial charge in [-0.1, -0.05) is 0 Å². The highest BCUT2D eigenvalue weighted by Crippen LogP contribution is 2.41. The van der Waals surface area contributed by atoms with E-state index in [1.54, 1.807) is 41.2 Å². The minimum Gasteiger partial charge on any atom is -0.439 e. The summed E-state index contributed by atoms with van der Waals surface area (Å²) >= 11 is 0. The van der Waals surface area contributed by atoms with E-state index in [9.17, 15) is 10.1 Å². The number of pyridine rings is 1. The van der Waals surface area contributed by atoms with Crippen molar-refractivity contribution < 1.29 is 9.53 Å². The van der Waals surface area contributed by atoms with Crippen LogP contribution in [0.2, 0.25) is 0 Å². The molecule has 0 radical (unpaired) electrons. The Balaban J connectivity index is 1.69. The van der Waals surface area contributed by atoms with E-state index >= 15 is 0 Å². The number of nitrogens with one attached hydrogen (secondary N) is 1. The smallest absolute Gasteiger partial charge is 0.251 e. The van der Waals surface area contributed by atoms with E-state index in [1.165, 1.54) is 0 Å². The van der Waals surface area contributed by atoms with Crippen molar-refractivity contribution in [2.24, 2.45) is 12.8 Å². The molecule has 8 nitrogen and oxygen atoms in total. The average molecular weight is 402 g/mol. The maximum absolute atomic E-state index is 12.3. The predicted molar refractivity (Wildman–Crippen MR) is 111 cm³/mol. The quantitative estimate of drug-likeness (QED) is 0.627. The van der Waals surface area contributed by atoms with Gasteiger partial charge in [0, 0.05) is 49.4 Å². The molecule has 2 heterocycles. The van der Waals surface area contributed by atoms with E-state index in [2.05, 4.69) is 21.5 Å². The number of amides is 1. The second-order valence-electron chi connectivity index (χ2n) is 7.20. The van der Waals surface area contributed by atoms with Crippen LogP contribution >= 0.6 is 0 Å². The SMILES string of the molecule is Cn1nc(C2CC2)cc1Oc1cc(C#N)ccc1-c1cc(C(=O)NCCN)ccn1. The molecule has 0 spiro atoms. The molecule has 1 aliphatic carbocycles. The fourth-order valence-electron chi connectivity index (χ4n) is 3.15. The number of nitrogens with zero attached hydrogens (tertiary/aromatic N) is 4. The van der Waals surface area contributed by atoms with Crippen LogP contribution in [0.5, 0.6) is 11.6 Å². The van der Waals surface area contributed by atoms with Gasteiger partial charge in [-0.25, -0.2) is 4.68 Å². The number of nitrogens with two attached hydrogens (primary N) is 1. The van der Waals surface area contributed by atoms with Crippen molar-refractivity contribution in [1.29, 1.82) is 5.26 Å². The van der Waals surface area contributed by atoms with Crippen LogP contribution in [0.4, 0.5) is 0 Å². The number of nitriles is 1. The van der Waals surface area contributed by atoms with E-state index in [4.69, 9.17) is 10.5 Å². The predicted octanol–water partition coefficient (Wildman–Crippen LogP) is 2.71. The number of aromatic nitrogens is 3. The summed E-state index contributed by atoms with van der Waals surface area (Å²) in [7, 11) is 1.83. The van der Waals surface area contributed by atoms with Crippen molar-refractivity contribution in [3.05, 3.63) is 59.4 Å². The van der Waals surface area contributed by atoms with Crippen molar-refractivity contribution in [3.63, 3.8) is 0 Å². The molecule has 3 N–H and O–H groups in total. The van der Waals surface area contributed by atoms with Gasteiger partial charge in [-0.15, -0.1) is 0 Å². The second kappa shape index (κ2) is 8.35. The Hall–Kier alpha value is -3.70. The summed E-state index contributed by atoms with van der Waals surface area (Å²) in [6.07, 6.45) is 3.87. The van der Waals surface area contributed by atoms with Crippen LogP contribution < -0.4 is 15.8 Å². The number of hydrogen-bond acceptors (Lipinski definition) is 6. The third-order valence-corrected chi connectivity index (χ3v) is 4.90. The fourth-order valence-corrected chi connectivity index (χ4v) is 3.15. The van der Waals surface area contributed by atoms with Crippen LogP contribution in [0.3, 0.4) is 0 Å². The van der Waals surface area contributed by atoms with Gasteiger partial charge in [0.2, 0.25) is 5.88 Å². The minimum atomic E-state index is -0.221. The summed E-state index contributed by atoms with van der Waals surface area (Å²) in [5.74, 6) is 1.35. The van der Waals surface area contributed by atoms with Gasteiger partial charge in [-0.3, -0.25) is 9.78 Å². The van der Waals surface area contributed by atoms with Crippen LogP contribution in [0.1, 0.15) is 40.4 Å². The lowest BCUT2D eigenvalue weighted by molar-refractivity contribution is 0.0954. The summed E-state index contributed by atoms with van der Waals surface area (Å²) in [5.41, 5.74) is 8.66. The summed E-state index contributed by atoms with van der Waals surface area (Å²) < 4.78 is 7.85. The molecule has 0 unspecified atom stereocenters. The molecule has 4 rings (SSSR count). The van der Waals surface area contributed by atoms with Gasteiger partial charge in [0.25, 0.3) is 5.91 Å². The maximum Gasteiger partial charge on any atom is 0.251 e. The normalized spacial score (nSPS) is 13.0. The standard InChI is InChI=1S/C22H22N6O2/c1-28-21(12-18(27-28)15-3-4-15)30-20-10-14(13-24)2-5-17(20)19-11-16(6-8-25-19)22(29)26-9-7-23/h2,5-6,8,10-12,15H,3-4,7,9,23H2,1H3,(H,26,29). The molecule has 152 valence electrons. The van der Waals surface area contributed by atoms with Crippen molar-refractivity contribution in [2.75, 3.05) is 13.1 Å². The van der Waals surface area contributed by atoms with Gasteiger partial charge >= 0.3 is 0 Å². The molecule has 1 saturated carbocycles. The molecule has 3 aromatic rings. The molecule has 0 aliphatic heterocycles. The highest BCUT2D eigenvalue weighted by Gasteiger charge is 2.27. The van der Waals surface area contributed by atoms with Gasteiger partial charge in [-0.2, -0.15) is 10.4 Å². The van der Waals surface area contributed by atoms with Crippen molar-refractivity contribution in [3.8, 4) is 29.0 Å². The molecule has 30 heavy (non-hydrogen) atoms. The molecular weight excluding hydrogens is 380 g/mol. The van der Waals surface area contributed by atoms with Gasteiger partial charge in [-0.05, 0) is 43.2 Å². The van der Waals surface area contributed by atoms with Gasteiger partial charge < -0.3 is 15.8 Å². The van der Waals surface area contributed by atoms with Crippen LogP contribution in [-0.2, 0) is 7.05 Å². The van der Waals surface area contributed by atoms with Crippen LogP contribution in [0, 0.1) is 11.3 Å². The van der Waals surface area contributed by atoms with E-state index in [0.29, 0.717) is 53.0 Å². The fraction of sp³-hybridized carbons (Fsp3) is 0.273. The van der Waals surface area contributed by atoms with Crippen LogP contribution in [0.25, 0.3) is 11.3 Å². The highest BCUT2D eigenvalue weighted by molar-refractivity contribution is 5.95. The number of carbonyl (C=O) groups is 1. The summed E-state index contributed by atoms with van der Waals surface area (Å²) in [6.45, 7) is 0.760. The number of carbonyl (C=O) groups excluding carboxylic acids is 1. The number of ether oxygens (including phenoxy) is 1. The monoisotopic (exact) mass is 402 g/mol. The van der Waals surface area contributed by atoms with Crippen LogP contribution in [-0.4, -0.2) is 33.8 Å². The first-order valence-corrected chi connectivity index (χ1v) is 9.79. The lowest BCUT2D eigenvalue weighted by Gasteiger charge is -2.12. The Labute approximate surface area is 174 Å². The molecule has 1 amide bonds. The molecular formula is C22H22N6O2. The summed E-state index contributed by atoms with van der Waals surface area (Å²) in [6, 6.07) is 12.5. The Morgan fingerprint density at radius 1 is 1.33 bits per heavy atom. The third-order valence-electron chi connectivity index (χ3n) is 4.90. The molecule has 2 aromatic heterocycles. The molecule has 1 aliphatic rings. The van der Waals surface area contributed by atoms with Gasteiger partial charge in [0.1, 0.15) is 5.75 Å². The minimum absolute atomic E-state index is 0.221. The zero-order valence-electron chi connectivity index (χ0n) is 16.6. The maximum atomic E-state index is 12.3. The number of aryl methyl sites for hydroxylation is 1. The highest BCUT2D eigenvalue weighted by atomic mass is 16.5. The van der Waals surface area contributed by atoms with Crippen LogP contribution in [0.15, 0.2) is 42.6 Å². The summed E-state index contributed by atoms with van der Waals surface area (Å²) in [4.78, 5) is 16.7. The molecule has 1 aromatic carbocycles. The average Bonchev–Trinajstić information content (AvgIpc) is 3.56. The Morgan fingerprint density at radius 2 is 2.17 bits per heavy atom. The molecule has 1 fully saturated rings. The first kappa shape index (κ1) is 19.6. The zero-order valence-corrected chi connectivity index (χ0v) is 16.6. The number of hydrogen-bond donors (Lipinski definition) is 2. The van der Waals surface area contributed by atoms with E-state index in [1.807, 2.05) is 13.1 Å². The number of rotatable bonds is 7. The van der Waals surface area contributed by atoms with Crippen molar-refractivity contribution >= 4 is 5.91 Å². The second-order valence-corrected chi connectivity index (χ2v) is 7.20. The number of benzene rings is 1. The van der Waals surface area contributed by atoms with Crippen molar-refractivity contribution in [1.82, 2.24) is 20.1 Å². The first-order chi connectivity index (χ1) is 14.6. The Bertz CT molecular complexity index is 1130. The molecule has 0 bridgehead atoms. The largest absolute Gasteiger partial charge is 0.439 e. The summed E-state index contributed by atoms with van der Waals surface area (Å²) in [5, 5.41) is 16.6. The Kier molecular flexibility index (Phi) is 5.46. The molecule has 8 heteroatoms. The zero-order chi connectivity index (χ0) is 21.1. The third kappa shape index (κ3) is 4.16.